The summed E-state index contributed by atoms with van der Waals surface area (Å²) in [4.78, 5) is 43.9. The molecule has 3 amide bonds. The highest BCUT2D eigenvalue weighted by atomic mass is 16.5. The summed E-state index contributed by atoms with van der Waals surface area (Å²) in [6.07, 6.45) is 2.65. The number of nitrogens with one attached hydrogen (secondary N) is 2. The molecule has 8 heteroatoms. The molecule has 0 bridgehead atoms. The van der Waals surface area contributed by atoms with Crippen molar-refractivity contribution in [1.82, 2.24) is 4.90 Å². The number of carbonyl (C=O) groups is 3. The Kier molecular flexibility index (Phi) is 6.34. The molecular formula is C22H32N4O4+2. The molecule has 3 saturated heterocycles. The van der Waals surface area contributed by atoms with Crippen molar-refractivity contribution < 1.29 is 28.9 Å². The Morgan fingerprint density at radius 2 is 1.73 bits per heavy atom. The van der Waals surface area contributed by atoms with Crippen LogP contribution >= 0.6 is 0 Å². The van der Waals surface area contributed by atoms with Crippen LogP contribution < -0.4 is 19.4 Å². The van der Waals surface area contributed by atoms with Gasteiger partial charge < -0.3 is 19.4 Å². The summed E-state index contributed by atoms with van der Waals surface area (Å²) in [5.74, 6) is 0.646. The molecule has 4 rings (SSSR count). The van der Waals surface area contributed by atoms with E-state index in [1.807, 2.05) is 11.8 Å². The third-order valence-electron chi connectivity index (χ3n) is 6.52. The fourth-order valence-corrected chi connectivity index (χ4v) is 4.85. The van der Waals surface area contributed by atoms with Crippen LogP contribution in [0.25, 0.3) is 0 Å². The highest BCUT2D eigenvalue weighted by Gasteiger charge is 2.46. The van der Waals surface area contributed by atoms with Crippen LogP contribution in [0.3, 0.4) is 0 Å². The van der Waals surface area contributed by atoms with E-state index in [1.54, 1.807) is 24.3 Å². The molecule has 162 valence electrons. The van der Waals surface area contributed by atoms with Gasteiger partial charge in [0, 0.05) is 12.8 Å². The van der Waals surface area contributed by atoms with Crippen molar-refractivity contribution in [3.63, 3.8) is 0 Å². The molecule has 1 atom stereocenters. The smallest absolute Gasteiger partial charge is 0.292 e. The minimum absolute atomic E-state index is 0.138. The standard InChI is InChI=1S/C22H30N4O4/c1-2-30-18-7-5-17(6-8-18)26-20(27)15-19(22(26)29)24-11-13-25(14-12-24)21(28)16-23-9-3-4-10-23/h5-8,19H,2-4,9-16H2,1H3/p+2/t19-/m0/s1. The molecule has 0 unspecified atom stereocenters. The molecule has 30 heavy (non-hydrogen) atoms. The number of piperazine rings is 1. The Bertz CT molecular complexity index is 783. The van der Waals surface area contributed by atoms with Crippen LogP contribution in [0.1, 0.15) is 26.2 Å². The van der Waals surface area contributed by atoms with Gasteiger partial charge in [-0.2, -0.15) is 0 Å². The lowest BCUT2D eigenvalue weighted by Gasteiger charge is -2.34. The zero-order chi connectivity index (χ0) is 21.1. The van der Waals surface area contributed by atoms with Crippen LogP contribution in [0.5, 0.6) is 5.75 Å². The summed E-state index contributed by atoms with van der Waals surface area (Å²) in [6, 6.07) is 6.73. The SMILES string of the molecule is CCOc1ccc(N2C(=O)C[C@H]([NH+]3CCN(C(=O)C[NH+]4CCCC4)CC3)C2=O)cc1. The number of rotatable bonds is 6. The van der Waals surface area contributed by atoms with E-state index < -0.39 is 0 Å². The van der Waals surface area contributed by atoms with Gasteiger partial charge in [0.25, 0.3) is 11.8 Å². The molecule has 0 radical (unpaired) electrons. The highest BCUT2D eigenvalue weighted by Crippen LogP contribution is 2.24. The summed E-state index contributed by atoms with van der Waals surface area (Å²) in [7, 11) is 0. The maximum absolute atomic E-state index is 13.0. The molecule has 3 fully saturated rings. The molecule has 0 aliphatic carbocycles. The Morgan fingerprint density at radius 1 is 1.07 bits per heavy atom. The first-order valence-corrected chi connectivity index (χ1v) is 11.1. The highest BCUT2D eigenvalue weighted by molar-refractivity contribution is 6.21. The summed E-state index contributed by atoms with van der Waals surface area (Å²) >= 11 is 0. The second-order valence-electron chi connectivity index (χ2n) is 8.42. The molecule has 0 saturated carbocycles. The Balaban J connectivity index is 1.33. The number of imide groups is 1. The molecule has 3 aliphatic heterocycles. The van der Waals surface area contributed by atoms with Crippen LogP contribution in [0.15, 0.2) is 24.3 Å². The third-order valence-corrected chi connectivity index (χ3v) is 6.52. The van der Waals surface area contributed by atoms with Gasteiger partial charge in [0.1, 0.15) is 5.75 Å². The number of likely N-dealkylation sites (tertiary alicyclic amines) is 1. The van der Waals surface area contributed by atoms with E-state index in [2.05, 4.69) is 0 Å². The number of quaternary nitrogens is 2. The van der Waals surface area contributed by atoms with Gasteiger partial charge in [0.2, 0.25) is 5.91 Å². The first-order chi connectivity index (χ1) is 14.6. The van der Waals surface area contributed by atoms with Gasteiger partial charge in [-0.05, 0) is 31.2 Å². The summed E-state index contributed by atoms with van der Waals surface area (Å²) in [6.45, 7) is 7.99. The average Bonchev–Trinajstić information content (AvgIpc) is 3.36. The number of hydrogen-bond donors (Lipinski definition) is 2. The zero-order valence-corrected chi connectivity index (χ0v) is 17.7. The lowest BCUT2D eigenvalue weighted by molar-refractivity contribution is -0.918. The predicted molar refractivity (Wildman–Crippen MR) is 111 cm³/mol. The lowest BCUT2D eigenvalue weighted by Crippen LogP contribution is -3.19. The molecule has 0 aromatic heterocycles. The number of ether oxygens (including phenoxy) is 1. The summed E-state index contributed by atoms with van der Waals surface area (Å²) in [5.41, 5.74) is 0.595. The molecular weight excluding hydrogens is 384 g/mol. The van der Waals surface area contributed by atoms with Crippen molar-refractivity contribution in [2.75, 3.05) is 57.3 Å². The molecule has 1 aromatic carbocycles. The number of carbonyl (C=O) groups excluding carboxylic acids is 3. The first kappa shape index (κ1) is 20.8. The van der Waals surface area contributed by atoms with Gasteiger partial charge in [-0.25, -0.2) is 4.90 Å². The normalized spacial score (nSPS) is 23.4. The number of nitrogens with zero attached hydrogens (tertiary/aromatic N) is 2. The van der Waals surface area contributed by atoms with Crippen LogP contribution in [-0.2, 0) is 14.4 Å². The average molecular weight is 417 g/mol. The van der Waals surface area contributed by atoms with Gasteiger partial charge in [-0.15, -0.1) is 0 Å². The molecule has 3 heterocycles. The molecule has 1 aromatic rings. The molecule has 3 aliphatic rings. The van der Waals surface area contributed by atoms with Gasteiger partial charge in [-0.1, -0.05) is 0 Å². The van der Waals surface area contributed by atoms with E-state index in [9.17, 15) is 14.4 Å². The van der Waals surface area contributed by atoms with Crippen LogP contribution in [-0.4, -0.2) is 81.1 Å². The van der Waals surface area contributed by atoms with E-state index in [4.69, 9.17) is 4.74 Å². The van der Waals surface area contributed by atoms with Crippen molar-refractivity contribution in [2.45, 2.75) is 32.2 Å². The summed E-state index contributed by atoms with van der Waals surface area (Å²) in [5, 5.41) is 0. The maximum atomic E-state index is 13.0. The minimum atomic E-state index is -0.356. The van der Waals surface area contributed by atoms with Crippen LogP contribution in [0.2, 0.25) is 0 Å². The minimum Gasteiger partial charge on any atom is -0.494 e. The lowest BCUT2D eigenvalue weighted by atomic mass is 10.1. The van der Waals surface area contributed by atoms with Crippen LogP contribution in [0, 0.1) is 0 Å². The predicted octanol–water partition coefficient (Wildman–Crippen LogP) is -1.88. The number of amides is 3. The Morgan fingerprint density at radius 3 is 2.37 bits per heavy atom. The number of hydrogen-bond acceptors (Lipinski definition) is 4. The zero-order valence-electron chi connectivity index (χ0n) is 17.7. The molecule has 8 nitrogen and oxygen atoms in total. The van der Waals surface area contributed by atoms with Crippen molar-refractivity contribution >= 4 is 23.4 Å². The van der Waals surface area contributed by atoms with E-state index in [0.717, 1.165) is 23.7 Å². The fraction of sp³-hybridized carbons (Fsp3) is 0.591. The quantitative estimate of drug-likeness (QED) is 0.533. The number of anilines is 1. The van der Waals surface area contributed by atoms with Gasteiger partial charge in [-0.3, -0.25) is 14.4 Å². The Hall–Kier alpha value is -2.45. The van der Waals surface area contributed by atoms with Crippen LogP contribution in [0.4, 0.5) is 5.69 Å². The van der Waals surface area contributed by atoms with E-state index >= 15 is 0 Å². The number of benzene rings is 1. The van der Waals surface area contributed by atoms with Gasteiger partial charge >= 0.3 is 0 Å². The molecule has 2 N–H and O–H groups in total. The topological polar surface area (TPSA) is 75.8 Å². The van der Waals surface area contributed by atoms with Crippen molar-refractivity contribution in [2.24, 2.45) is 0 Å². The second kappa shape index (κ2) is 9.14. The second-order valence-corrected chi connectivity index (χ2v) is 8.42. The first-order valence-electron chi connectivity index (χ1n) is 11.1. The maximum Gasteiger partial charge on any atom is 0.292 e. The fourth-order valence-electron chi connectivity index (χ4n) is 4.85. The monoisotopic (exact) mass is 416 g/mol. The third kappa shape index (κ3) is 4.34. The van der Waals surface area contributed by atoms with Gasteiger partial charge in [0.05, 0.1) is 58.0 Å². The Labute approximate surface area is 177 Å². The van der Waals surface area contributed by atoms with Crippen molar-refractivity contribution in [3.05, 3.63) is 24.3 Å². The van der Waals surface area contributed by atoms with Gasteiger partial charge in [0.15, 0.2) is 12.6 Å². The van der Waals surface area contributed by atoms with E-state index in [0.29, 0.717) is 45.0 Å². The largest absolute Gasteiger partial charge is 0.494 e. The molecule has 0 spiro atoms. The van der Waals surface area contributed by atoms with E-state index in [-0.39, 0.29) is 30.2 Å². The van der Waals surface area contributed by atoms with Crippen molar-refractivity contribution in [1.29, 1.82) is 0 Å². The van der Waals surface area contributed by atoms with E-state index in [1.165, 1.54) is 22.6 Å². The van der Waals surface area contributed by atoms with Crippen molar-refractivity contribution in [3.8, 4) is 5.75 Å². The summed E-state index contributed by atoms with van der Waals surface area (Å²) < 4.78 is 5.44.